The molecule has 5 aliphatic carbocycles. The number of ether oxygens (including phenoxy) is 1. The first-order chi connectivity index (χ1) is 18.7. The number of hydrogen-bond donors (Lipinski definition) is 4. The van der Waals surface area contributed by atoms with E-state index < -0.39 is 35.4 Å². The maximum absolute atomic E-state index is 12.4. The molecule has 0 heterocycles. The van der Waals surface area contributed by atoms with Crippen LogP contribution < -0.4 is 0 Å². The SMILES string of the molecule is CC1=C(C(C)O)C(O)C2(C)C(C)C3C(O)C4C(C)CCCC4C(C)C3(C)C(OC(O)C3CCCCCC3)C2(C)C1. The molecule has 0 aliphatic heterocycles. The zero-order chi connectivity index (χ0) is 29.4. The van der Waals surface area contributed by atoms with Crippen molar-refractivity contribution in [2.75, 3.05) is 0 Å². The lowest BCUT2D eigenvalue weighted by Crippen LogP contribution is -2.76. The minimum absolute atomic E-state index is 0.00162. The lowest BCUT2D eigenvalue weighted by atomic mass is 9.32. The Balaban J connectivity index is 1.67. The van der Waals surface area contributed by atoms with Crippen LogP contribution in [-0.4, -0.2) is 51.1 Å². The second kappa shape index (κ2) is 10.9. The van der Waals surface area contributed by atoms with Gasteiger partial charge in [-0.3, -0.25) is 0 Å². The second-order valence-corrected chi connectivity index (χ2v) is 16.0. The number of rotatable bonds is 4. The molecule has 4 N–H and O–H groups in total. The predicted molar refractivity (Wildman–Crippen MR) is 159 cm³/mol. The van der Waals surface area contributed by atoms with E-state index in [1.807, 2.05) is 0 Å². The van der Waals surface area contributed by atoms with Crippen LogP contribution in [0.4, 0.5) is 0 Å². The fourth-order valence-corrected chi connectivity index (χ4v) is 11.9. The fraction of sp³-hybridized carbons (Fsp3) is 0.943. The van der Waals surface area contributed by atoms with Crippen LogP contribution in [-0.2, 0) is 4.74 Å². The van der Waals surface area contributed by atoms with Gasteiger partial charge in [0.15, 0.2) is 6.29 Å². The van der Waals surface area contributed by atoms with Crippen LogP contribution in [0.3, 0.4) is 0 Å². The molecule has 0 aromatic heterocycles. The highest BCUT2D eigenvalue weighted by atomic mass is 16.6. The highest BCUT2D eigenvalue weighted by molar-refractivity contribution is 5.35. The first kappa shape index (κ1) is 31.0. The van der Waals surface area contributed by atoms with Gasteiger partial charge >= 0.3 is 0 Å². The molecule has 5 heteroatoms. The van der Waals surface area contributed by atoms with Gasteiger partial charge in [-0.25, -0.2) is 0 Å². The molecular weight excluding hydrogens is 500 g/mol. The Hall–Kier alpha value is -0.460. The van der Waals surface area contributed by atoms with Gasteiger partial charge in [-0.05, 0) is 80.6 Å². The van der Waals surface area contributed by atoms with Crippen molar-refractivity contribution in [2.45, 2.75) is 150 Å². The summed E-state index contributed by atoms with van der Waals surface area (Å²) in [5, 5.41) is 47.3. The summed E-state index contributed by atoms with van der Waals surface area (Å²) in [5.41, 5.74) is 0.303. The van der Waals surface area contributed by atoms with Crippen molar-refractivity contribution in [1.29, 1.82) is 0 Å². The molecule has 0 spiro atoms. The molecule has 0 aromatic carbocycles. The topological polar surface area (TPSA) is 90.2 Å². The first-order valence-electron chi connectivity index (χ1n) is 16.8. The van der Waals surface area contributed by atoms with Gasteiger partial charge in [0.05, 0.1) is 24.4 Å². The molecule has 14 unspecified atom stereocenters. The number of hydrogen-bond acceptors (Lipinski definition) is 5. The maximum Gasteiger partial charge on any atom is 0.157 e. The van der Waals surface area contributed by atoms with Crippen molar-refractivity contribution in [1.82, 2.24) is 0 Å². The molecular formula is C35H60O5. The molecule has 0 radical (unpaired) electrons. The summed E-state index contributed by atoms with van der Waals surface area (Å²) in [6, 6.07) is 0. The third kappa shape index (κ3) is 4.25. The summed E-state index contributed by atoms with van der Waals surface area (Å²) < 4.78 is 7.11. The van der Waals surface area contributed by atoms with Crippen LogP contribution in [0.15, 0.2) is 11.1 Å². The standard InChI is InChI=1S/C35H60O5/c1-19-14-13-17-25-21(3)34(7)28(29(37)27(19)25)22(4)35(8)30(38)26(23(5)36)20(2)18-33(35,6)32(34)40-31(39)24-15-11-9-10-12-16-24/h19,21-25,27-32,36-39H,9-18H2,1-8H3. The minimum atomic E-state index is -0.845. The summed E-state index contributed by atoms with van der Waals surface area (Å²) in [6.07, 6.45) is 7.71. The summed E-state index contributed by atoms with van der Waals surface area (Å²) in [7, 11) is 0. The van der Waals surface area contributed by atoms with Crippen LogP contribution in [0.25, 0.3) is 0 Å². The van der Waals surface area contributed by atoms with Crippen molar-refractivity contribution in [3.05, 3.63) is 11.1 Å². The van der Waals surface area contributed by atoms with Gasteiger partial charge in [-0.1, -0.05) is 85.6 Å². The Morgan fingerprint density at radius 2 is 1.48 bits per heavy atom. The van der Waals surface area contributed by atoms with E-state index in [2.05, 4.69) is 48.5 Å². The molecule has 0 saturated heterocycles. The van der Waals surface area contributed by atoms with E-state index >= 15 is 0 Å². The van der Waals surface area contributed by atoms with E-state index in [4.69, 9.17) is 4.74 Å². The molecule has 4 saturated carbocycles. The van der Waals surface area contributed by atoms with Gasteiger partial charge < -0.3 is 25.2 Å². The highest BCUT2D eigenvalue weighted by Crippen LogP contribution is 2.74. The van der Waals surface area contributed by atoms with E-state index in [1.54, 1.807) is 6.92 Å². The molecule has 40 heavy (non-hydrogen) atoms. The smallest absolute Gasteiger partial charge is 0.157 e. The van der Waals surface area contributed by atoms with Crippen molar-refractivity contribution in [2.24, 2.45) is 57.7 Å². The summed E-state index contributed by atoms with van der Waals surface area (Å²) in [6.45, 7) is 17.7. The van der Waals surface area contributed by atoms with Gasteiger partial charge in [-0.15, -0.1) is 0 Å². The van der Waals surface area contributed by atoms with Gasteiger partial charge in [-0.2, -0.15) is 0 Å². The average Bonchev–Trinajstić information content (AvgIpc) is 3.17. The average molecular weight is 561 g/mol. The van der Waals surface area contributed by atoms with Gasteiger partial charge in [0.1, 0.15) is 0 Å². The zero-order valence-electron chi connectivity index (χ0n) is 26.7. The Labute approximate surface area is 244 Å². The van der Waals surface area contributed by atoms with Crippen LogP contribution in [0.2, 0.25) is 0 Å². The van der Waals surface area contributed by atoms with E-state index in [9.17, 15) is 20.4 Å². The molecule has 5 rings (SSSR count). The quantitative estimate of drug-likeness (QED) is 0.180. The molecule has 230 valence electrons. The van der Waals surface area contributed by atoms with E-state index in [0.717, 1.165) is 49.7 Å². The molecule has 14 atom stereocenters. The molecule has 4 fully saturated rings. The number of allylic oxidation sites excluding steroid dienone is 1. The summed E-state index contributed by atoms with van der Waals surface area (Å²) >= 11 is 0. The third-order valence-corrected chi connectivity index (χ3v) is 14.3. The molecule has 0 aromatic rings. The van der Waals surface area contributed by atoms with Crippen molar-refractivity contribution < 1.29 is 25.2 Å². The minimum Gasteiger partial charge on any atom is -0.392 e. The van der Waals surface area contributed by atoms with Crippen molar-refractivity contribution >= 4 is 0 Å². The van der Waals surface area contributed by atoms with Gasteiger partial charge in [0, 0.05) is 22.2 Å². The third-order valence-electron chi connectivity index (χ3n) is 14.3. The van der Waals surface area contributed by atoms with Crippen LogP contribution in [0.5, 0.6) is 0 Å². The number of aliphatic hydroxyl groups is 4. The lowest BCUT2D eigenvalue weighted by Gasteiger charge is -2.74. The molecule has 0 bridgehead atoms. The molecule has 5 aliphatic rings. The number of fused-ring (bicyclic) bond motifs is 3. The van der Waals surface area contributed by atoms with Crippen molar-refractivity contribution in [3.8, 4) is 0 Å². The van der Waals surface area contributed by atoms with Crippen LogP contribution in [0, 0.1) is 57.7 Å². The number of aliphatic hydroxyl groups excluding tert-OH is 4. The van der Waals surface area contributed by atoms with E-state index in [-0.39, 0.29) is 35.2 Å². The first-order valence-corrected chi connectivity index (χ1v) is 16.8. The highest BCUT2D eigenvalue weighted by Gasteiger charge is 2.75. The van der Waals surface area contributed by atoms with Crippen molar-refractivity contribution in [3.63, 3.8) is 0 Å². The Bertz CT molecular complexity index is 953. The molecule has 0 amide bonds. The summed E-state index contributed by atoms with van der Waals surface area (Å²) in [5.74, 6) is 1.53. The maximum atomic E-state index is 12.4. The normalized spacial score (nSPS) is 51.8. The Kier molecular flexibility index (Phi) is 8.45. The second-order valence-electron chi connectivity index (χ2n) is 16.0. The zero-order valence-corrected chi connectivity index (χ0v) is 26.7. The monoisotopic (exact) mass is 560 g/mol. The van der Waals surface area contributed by atoms with Gasteiger partial charge in [0.25, 0.3) is 0 Å². The lowest BCUT2D eigenvalue weighted by molar-refractivity contribution is -0.343. The van der Waals surface area contributed by atoms with E-state index in [1.165, 1.54) is 19.3 Å². The predicted octanol–water partition coefficient (Wildman–Crippen LogP) is 6.47. The van der Waals surface area contributed by atoms with E-state index in [0.29, 0.717) is 24.2 Å². The van der Waals surface area contributed by atoms with Gasteiger partial charge in [0.2, 0.25) is 0 Å². The largest absolute Gasteiger partial charge is 0.392 e. The summed E-state index contributed by atoms with van der Waals surface area (Å²) in [4.78, 5) is 0. The Morgan fingerprint density at radius 1 is 0.850 bits per heavy atom. The molecule has 5 nitrogen and oxygen atoms in total. The van der Waals surface area contributed by atoms with Crippen LogP contribution >= 0.6 is 0 Å². The fourth-order valence-electron chi connectivity index (χ4n) is 11.9. The van der Waals surface area contributed by atoms with Crippen LogP contribution in [0.1, 0.15) is 120 Å². The Morgan fingerprint density at radius 3 is 2.08 bits per heavy atom.